The Balaban J connectivity index is 2.17. The Morgan fingerprint density at radius 1 is 1.50 bits per heavy atom. The zero-order valence-electron chi connectivity index (χ0n) is 6.83. The first-order valence-corrected chi connectivity index (χ1v) is 5.03. The van der Waals surface area contributed by atoms with Crippen LogP contribution < -0.4 is 0 Å². The molecule has 3 nitrogen and oxygen atoms in total. The number of morpholine rings is 1. The fourth-order valence-electron chi connectivity index (χ4n) is 1.08. The molecule has 0 aromatic carbocycles. The van der Waals surface area contributed by atoms with E-state index in [1.54, 1.807) is 28.7 Å². The second-order valence-electron chi connectivity index (χ2n) is 2.62. The van der Waals surface area contributed by atoms with Gasteiger partial charge in [-0.1, -0.05) is 6.08 Å². The summed E-state index contributed by atoms with van der Waals surface area (Å²) in [6, 6.07) is 0. The molecule has 0 atom stereocenters. The van der Waals surface area contributed by atoms with Gasteiger partial charge in [-0.2, -0.15) is 0 Å². The molecule has 0 spiro atoms. The van der Waals surface area contributed by atoms with E-state index in [-0.39, 0.29) is 3.79 Å². The van der Waals surface area contributed by atoms with Crippen LogP contribution in [-0.2, 0) is 9.53 Å². The standard InChI is InChI=1S/C8H12INO2/c9-8(11)2-1-3-10-4-6-12-7-5-10/h1-2H,3-7H2/b2-1+. The lowest BCUT2D eigenvalue weighted by Gasteiger charge is -2.24. The van der Waals surface area contributed by atoms with Gasteiger partial charge in [-0.05, 0) is 6.08 Å². The first-order valence-electron chi connectivity index (χ1n) is 3.95. The van der Waals surface area contributed by atoms with Gasteiger partial charge in [-0.25, -0.2) is 0 Å². The summed E-state index contributed by atoms with van der Waals surface area (Å²) in [6.07, 6.45) is 3.51. The zero-order valence-corrected chi connectivity index (χ0v) is 8.99. The molecule has 0 saturated carbocycles. The predicted octanol–water partition coefficient (Wildman–Crippen LogP) is 0.836. The quantitative estimate of drug-likeness (QED) is 0.436. The molecule has 1 heterocycles. The summed E-state index contributed by atoms with van der Waals surface area (Å²) >= 11 is 1.77. The van der Waals surface area contributed by atoms with Crippen molar-refractivity contribution in [2.45, 2.75) is 0 Å². The van der Waals surface area contributed by atoms with E-state index >= 15 is 0 Å². The van der Waals surface area contributed by atoms with Crippen LogP contribution in [0.1, 0.15) is 0 Å². The van der Waals surface area contributed by atoms with Crippen molar-refractivity contribution in [2.24, 2.45) is 0 Å². The predicted molar refractivity (Wildman–Crippen MR) is 55.4 cm³/mol. The Morgan fingerprint density at radius 3 is 2.75 bits per heavy atom. The molecular formula is C8H12INO2. The smallest absolute Gasteiger partial charge is 0.214 e. The average molecular weight is 281 g/mol. The first-order chi connectivity index (χ1) is 5.79. The maximum Gasteiger partial charge on any atom is 0.214 e. The number of nitrogens with zero attached hydrogens (tertiary/aromatic N) is 1. The van der Waals surface area contributed by atoms with Crippen molar-refractivity contribution in [3.63, 3.8) is 0 Å². The number of carbonyl (C=O) groups excluding carboxylic acids is 1. The summed E-state index contributed by atoms with van der Waals surface area (Å²) in [5.74, 6) is 0. The first kappa shape index (κ1) is 10.1. The van der Waals surface area contributed by atoms with E-state index in [4.69, 9.17) is 4.74 Å². The van der Waals surface area contributed by atoms with Crippen molar-refractivity contribution in [3.05, 3.63) is 12.2 Å². The molecule has 1 aliphatic rings. The third kappa shape index (κ3) is 4.18. The molecular weight excluding hydrogens is 269 g/mol. The van der Waals surface area contributed by atoms with Crippen LogP contribution in [0.5, 0.6) is 0 Å². The molecule has 12 heavy (non-hydrogen) atoms. The Bertz CT molecular complexity index is 176. The molecule has 0 radical (unpaired) electrons. The number of allylic oxidation sites excluding steroid dienone is 1. The van der Waals surface area contributed by atoms with Gasteiger partial charge in [-0.3, -0.25) is 9.69 Å². The molecule has 0 amide bonds. The minimum absolute atomic E-state index is 0.0841. The van der Waals surface area contributed by atoms with E-state index in [1.807, 2.05) is 6.08 Å². The molecule has 0 aromatic rings. The Morgan fingerprint density at radius 2 is 2.17 bits per heavy atom. The van der Waals surface area contributed by atoms with Crippen molar-refractivity contribution < 1.29 is 9.53 Å². The van der Waals surface area contributed by atoms with Crippen molar-refractivity contribution in [1.29, 1.82) is 0 Å². The van der Waals surface area contributed by atoms with Crippen LogP contribution in [0.15, 0.2) is 12.2 Å². The molecule has 0 aromatic heterocycles. The van der Waals surface area contributed by atoms with E-state index in [9.17, 15) is 4.79 Å². The molecule has 0 N–H and O–H groups in total. The lowest BCUT2D eigenvalue weighted by molar-refractivity contribution is -0.105. The van der Waals surface area contributed by atoms with E-state index < -0.39 is 0 Å². The van der Waals surface area contributed by atoms with Crippen LogP contribution in [0.25, 0.3) is 0 Å². The van der Waals surface area contributed by atoms with Gasteiger partial charge >= 0.3 is 0 Å². The van der Waals surface area contributed by atoms with Gasteiger partial charge in [-0.15, -0.1) is 0 Å². The van der Waals surface area contributed by atoms with E-state index in [0.29, 0.717) is 0 Å². The molecule has 0 unspecified atom stereocenters. The van der Waals surface area contributed by atoms with Crippen LogP contribution in [0.3, 0.4) is 0 Å². The van der Waals surface area contributed by atoms with Gasteiger partial charge in [0, 0.05) is 42.2 Å². The van der Waals surface area contributed by atoms with Crippen molar-refractivity contribution >= 4 is 26.4 Å². The van der Waals surface area contributed by atoms with E-state index in [0.717, 1.165) is 32.8 Å². The highest BCUT2D eigenvalue weighted by atomic mass is 127. The van der Waals surface area contributed by atoms with Gasteiger partial charge in [0.05, 0.1) is 13.2 Å². The van der Waals surface area contributed by atoms with Gasteiger partial charge in [0.1, 0.15) is 0 Å². The molecule has 1 aliphatic heterocycles. The van der Waals surface area contributed by atoms with Crippen LogP contribution in [0.4, 0.5) is 0 Å². The van der Waals surface area contributed by atoms with Crippen LogP contribution in [0, 0.1) is 0 Å². The molecule has 0 bridgehead atoms. The van der Waals surface area contributed by atoms with Crippen LogP contribution in [0.2, 0.25) is 0 Å². The van der Waals surface area contributed by atoms with Crippen molar-refractivity contribution in [1.82, 2.24) is 4.90 Å². The largest absolute Gasteiger partial charge is 0.379 e. The third-order valence-electron chi connectivity index (χ3n) is 1.72. The SMILES string of the molecule is O=C(I)/C=C/CN1CCOCC1. The monoisotopic (exact) mass is 281 g/mol. The average Bonchev–Trinajstić information content (AvgIpc) is 2.05. The second-order valence-corrected chi connectivity index (χ2v) is 3.68. The van der Waals surface area contributed by atoms with Gasteiger partial charge < -0.3 is 4.74 Å². The highest BCUT2D eigenvalue weighted by Crippen LogP contribution is 1.96. The number of halogens is 1. The minimum Gasteiger partial charge on any atom is -0.379 e. The molecule has 1 fully saturated rings. The van der Waals surface area contributed by atoms with Gasteiger partial charge in [0.2, 0.25) is 3.79 Å². The molecule has 4 heteroatoms. The van der Waals surface area contributed by atoms with Crippen LogP contribution in [-0.4, -0.2) is 41.5 Å². The second kappa shape index (κ2) is 5.66. The highest BCUT2D eigenvalue weighted by Gasteiger charge is 2.07. The lowest BCUT2D eigenvalue weighted by atomic mass is 10.4. The lowest BCUT2D eigenvalue weighted by Crippen LogP contribution is -2.36. The third-order valence-corrected chi connectivity index (χ3v) is 2.08. The highest BCUT2D eigenvalue weighted by molar-refractivity contribution is 14.1. The summed E-state index contributed by atoms with van der Waals surface area (Å²) in [5.41, 5.74) is 0. The number of hydrogen-bond donors (Lipinski definition) is 0. The number of rotatable bonds is 3. The van der Waals surface area contributed by atoms with Crippen LogP contribution >= 0.6 is 22.6 Å². The Hall–Kier alpha value is 0.0600. The summed E-state index contributed by atoms with van der Waals surface area (Å²) in [7, 11) is 0. The molecule has 0 aliphatic carbocycles. The topological polar surface area (TPSA) is 29.5 Å². The number of ether oxygens (including phenoxy) is 1. The minimum atomic E-state index is 0.0841. The number of hydrogen-bond acceptors (Lipinski definition) is 3. The number of carbonyl (C=O) groups is 1. The fourth-order valence-corrected chi connectivity index (χ4v) is 1.33. The summed E-state index contributed by atoms with van der Waals surface area (Å²) in [4.78, 5) is 12.8. The van der Waals surface area contributed by atoms with Gasteiger partial charge in [0.15, 0.2) is 0 Å². The summed E-state index contributed by atoms with van der Waals surface area (Å²) in [5, 5.41) is 0. The summed E-state index contributed by atoms with van der Waals surface area (Å²) in [6.45, 7) is 4.43. The molecule has 1 saturated heterocycles. The van der Waals surface area contributed by atoms with E-state index in [1.165, 1.54) is 0 Å². The van der Waals surface area contributed by atoms with Gasteiger partial charge in [0.25, 0.3) is 0 Å². The summed E-state index contributed by atoms with van der Waals surface area (Å²) < 4.78 is 5.28. The maximum atomic E-state index is 10.5. The molecule has 1 rings (SSSR count). The molecule has 68 valence electrons. The van der Waals surface area contributed by atoms with Crippen molar-refractivity contribution in [3.8, 4) is 0 Å². The van der Waals surface area contributed by atoms with E-state index in [2.05, 4.69) is 4.90 Å². The van der Waals surface area contributed by atoms with Crippen molar-refractivity contribution in [2.75, 3.05) is 32.8 Å². The zero-order chi connectivity index (χ0) is 8.81. The normalized spacial score (nSPS) is 20.1. The Labute approximate surface area is 85.9 Å². The maximum absolute atomic E-state index is 10.5. The fraction of sp³-hybridized carbons (Fsp3) is 0.625. The Kier molecular flexibility index (Phi) is 4.79.